The number of pyridine rings is 1. The Balaban J connectivity index is 2.25. The lowest BCUT2D eigenvalue weighted by Gasteiger charge is -1.97. The van der Waals surface area contributed by atoms with Gasteiger partial charge >= 0.3 is 0 Å². The van der Waals surface area contributed by atoms with E-state index in [4.69, 9.17) is 9.68 Å². The van der Waals surface area contributed by atoms with Gasteiger partial charge < -0.3 is 4.42 Å². The highest BCUT2D eigenvalue weighted by Gasteiger charge is 2.16. The van der Waals surface area contributed by atoms with E-state index in [0.29, 0.717) is 28.7 Å². The van der Waals surface area contributed by atoms with Crippen molar-refractivity contribution in [3.63, 3.8) is 0 Å². The molecule has 0 aliphatic carbocycles. The second kappa shape index (κ2) is 3.67. The summed E-state index contributed by atoms with van der Waals surface area (Å²) in [5.74, 6) is 1.78. The molecule has 0 bridgehead atoms. The third kappa shape index (κ3) is 1.45. The molecular formula is C12H9N5O. The zero-order valence-electron chi connectivity index (χ0n) is 9.88. The largest absolute Gasteiger partial charge is 0.437 e. The smallest absolute Gasteiger partial charge is 0.206 e. The van der Waals surface area contributed by atoms with Crippen LogP contribution < -0.4 is 0 Å². The minimum Gasteiger partial charge on any atom is -0.437 e. The van der Waals surface area contributed by atoms with E-state index >= 15 is 0 Å². The van der Waals surface area contributed by atoms with Gasteiger partial charge in [0.15, 0.2) is 17.3 Å². The van der Waals surface area contributed by atoms with Crippen molar-refractivity contribution in [2.75, 3.05) is 0 Å². The normalized spacial score (nSPS) is 10.7. The van der Waals surface area contributed by atoms with Gasteiger partial charge in [-0.2, -0.15) is 5.26 Å². The van der Waals surface area contributed by atoms with Gasteiger partial charge in [-0.1, -0.05) is 0 Å². The van der Waals surface area contributed by atoms with E-state index in [2.05, 4.69) is 21.3 Å². The predicted molar refractivity (Wildman–Crippen MR) is 62.7 cm³/mol. The summed E-state index contributed by atoms with van der Waals surface area (Å²) in [4.78, 5) is 4.21. The lowest BCUT2D eigenvalue weighted by Crippen LogP contribution is -1.90. The maximum Gasteiger partial charge on any atom is 0.206 e. The molecule has 0 spiro atoms. The maximum atomic E-state index is 8.83. The monoisotopic (exact) mass is 239 g/mol. The van der Waals surface area contributed by atoms with Crippen molar-refractivity contribution in [3.8, 4) is 17.7 Å². The third-order valence-electron chi connectivity index (χ3n) is 2.65. The molecule has 0 unspecified atom stereocenters. The summed E-state index contributed by atoms with van der Waals surface area (Å²) in [7, 11) is 0. The van der Waals surface area contributed by atoms with Gasteiger partial charge in [-0.25, -0.2) is 4.98 Å². The van der Waals surface area contributed by atoms with Gasteiger partial charge in [-0.3, -0.25) is 4.40 Å². The highest BCUT2D eigenvalue weighted by atomic mass is 16.4. The zero-order valence-corrected chi connectivity index (χ0v) is 9.88. The van der Waals surface area contributed by atoms with Gasteiger partial charge in [0.25, 0.3) is 0 Å². The van der Waals surface area contributed by atoms with E-state index in [-0.39, 0.29) is 0 Å². The average molecular weight is 239 g/mol. The van der Waals surface area contributed by atoms with Crippen LogP contribution in [-0.4, -0.2) is 19.6 Å². The highest BCUT2D eigenvalue weighted by Crippen LogP contribution is 2.23. The Morgan fingerprint density at radius 1 is 1.33 bits per heavy atom. The standard InChI is InChI=1S/C12H9N5O/c1-7-11(18-8(2)14-7)12-16-15-10-5-9(6-13)3-4-17(10)12/h3-5H,1-2H3. The van der Waals surface area contributed by atoms with E-state index in [1.165, 1.54) is 0 Å². The SMILES string of the molecule is Cc1nc(C)c(-c2nnc3cc(C#N)ccn23)o1. The molecule has 3 rings (SSSR count). The van der Waals surface area contributed by atoms with Crippen LogP contribution in [0, 0.1) is 25.2 Å². The molecular weight excluding hydrogens is 230 g/mol. The Labute approximate surface area is 103 Å². The Morgan fingerprint density at radius 3 is 2.83 bits per heavy atom. The van der Waals surface area contributed by atoms with Crippen LogP contribution in [0.4, 0.5) is 0 Å². The molecule has 0 N–H and O–H groups in total. The number of hydrogen-bond acceptors (Lipinski definition) is 5. The zero-order chi connectivity index (χ0) is 12.7. The Hall–Kier alpha value is -2.68. The Morgan fingerprint density at radius 2 is 2.17 bits per heavy atom. The van der Waals surface area contributed by atoms with Crippen LogP contribution in [0.1, 0.15) is 17.1 Å². The summed E-state index contributed by atoms with van der Waals surface area (Å²) in [6, 6.07) is 5.45. The molecule has 0 fully saturated rings. The van der Waals surface area contributed by atoms with Crippen LogP contribution >= 0.6 is 0 Å². The molecule has 18 heavy (non-hydrogen) atoms. The van der Waals surface area contributed by atoms with Crippen molar-refractivity contribution in [2.24, 2.45) is 0 Å². The van der Waals surface area contributed by atoms with Crippen molar-refractivity contribution < 1.29 is 4.42 Å². The summed E-state index contributed by atoms with van der Waals surface area (Å²) in [6.45, 7) is 3.64. The molecule has 3 aromatic heterocycles. The van der Waals surface area contributed by atoms with Crippen LogP contribution in [0.25, 0.3) is 17.2 Å². The van der Waals surface area contributed by atoms with Crippen LogP contribution in [0.5, 0.6) is 0 Å². The van der Waals surface area contributed by atoms with E-state index in [1.54, 1.807) is 29.7 Å². The lowest BCUT2D eigenvalue weighted by atomic mass is 10.3. The van der Waals surface area contributed by atoms with Gasteiger partial charge in [-0.15, -0.1) is 10.2 Å². The molecule has 6 nitrogen and oxygen atoms in total. The minimum atomic E-state index is 0.548. The molecule has 0 saturated carbocycles. The van der Waals surface area contributed by atoms with Crippen molar-refractivity contribution >= 4 is 5.65 Å². The lowest BCUT2D eigenvalue weighted by molar-refractivity contribution is 0.529. The van der Waals surface area contributed by atoms with E-state index in [0.717, 1.165) is 5.69 Å². The summed E-state index contributed by atoms with van der Waals surface area (Å²) >= 11 is 0. The van der Waals surface area contributed by atoms with Crippen LogP contribution in [-0.2, 0) is 0 Å². The minimum absolute atomic E-state index is 0.548. The van der Waals surface area contributed by atoms with E-state index in [1.807, 2.05) is 6.92 Å². The molecule has 0 atom stereocenters. The quantitative estimate of drug-likeness (QED) is 0.647. The van der Waals surface area contributed by atoms with Gasteiger partial charge in [0.05, 0.1) is 17.3 Å². The van der Waals surface area contributed by atoms with Gasteiger partial charge in [0, 0.05) is 19.2 Å². The number of rotatable bonds is 1. The number of aromatic nitrogens is 4. The van der Waals surface area contributed by atoms with Crippen LogP contribution in [0.15, 0.2) is 22.7 Å². The molecule has 0 aliphatic heterocycles. The molecule has 0 radical (unpaired) electrons. The summed E-state index contributed by atoms with van der Waals surface area (Å²) in [6.07, 6.45) is 1.75. The fourth-order valence-electron chi connectivity index (χ4n) is 1.85. The van der Waals surface area contributed by atoms with Crippen molar-refractivity contribution in [1.82, 2.24) is 19.6 Å². The Kier molecular flexibility index (Phi) is 2.13. The summed E-state index contributed by atoms with van der Waals surface area (Å²) in [5.41, 5.74) is 1.93. The van der Waals surface area contributed by atoms with Crippen LogP contribution in [0.2, 0.25) is 0 Å². The first kappa shape index (κ1) is 10.5. The van der Waals surface area contributed by atoms with Crippen molar-refractivity contribution in [3.05, 3.63) is 35.5 Å². The fraction of sp³-hybridized carbons (Fsp3) is 0.167. The Bertz CT molecular complexity index is 777. The van der Waals surface area contributed by atoms with Crippen LogP contribution in [0.3, 0.4) is 0 Å². The molecule has 0 amide bonds. The average Bonchev–Trinajstić information content (AvgIpc) is 2.91. The van der Waals surface area contributed by atoms with Gasteiger partial charge in [0.2, 0.25) is 5.82 Å². The van der Waals surface area contributed by atoms with Crippen molar-refractivity contribution in [2.45, 2.75) is 13.8 Å². The summed E-state index contributed by atoms with van der Waals surface area (Å²) < 4.78 is 7.30. The first-order chi connectivity index (χ1) is 8.69. The molecule has 3 aromatic rings. The maximum absolute atomic E-state index is 8.83. The molecule has 0 aromatic carbocycles. The molecule has 0 aliphatic rings. The molecule has 0 saturated heterocycles. The number of oxazole rings is 1. The fourth-order valence-corrected chi connectivity index (χ4v) is 1.85. The predicted octanol–water partition coefficient (Wildman–Crippen LogP) is 1.87. The van der Waals surface area contributed by atoms with Crippen molar-refractivity contribution in [1.29, 1.82) is 5.26 Å². The number of hydrogen-bond donors (Lipinski definition) is 0. The summed E-state index contributed by atoms with van der Waals surface area (Å²) in [5, 5.41) is 16.9. The number of nitrogens with zero attached hydrogens (tertiary/aromatic N) is 5. The third-order valence-corrected chi connectivity index (χ3v) is 2.65. The second-order valence-corrected chi connectivity index (χ2v) is 3.93. The first-order valence-corrected chi connectivity index (χ1v) is 5.38. The number of nitriles is 1. The molecule has 88 valence electrons. The van der Waals surface area contributed by atoms with E-state index in [9.17, 15) is 0 Å². The van der Waals surface area contributed by atoms with E-state index < -0.39 is 0 Å². The topological polar surface area (TPSA) is 80.0 Å². The second-order valence-electron chi connectivity index (χ2n) is 3.93. The number of aryl methyl sites for hydroxylation is 2. The van der Waals surface area contributed by atoms with Gasteiger partial charge in [-0.05, 0) is 13.0 Å². The highest BCUT2D eigenvalue weighted by molar-refractivity contribution is 5.57. The first-order valence-electron chi connectivity index (χ1n) is 5.38. The molecule has 3 heterocycles. The number of fused-ring (bicyclic) bond motifs is 1. The van der Waals surface area contributed by atoms with Gasteiger partial charge in [0.1, 0.15) is 0 Å². The molecule has 6 heteroatoms.